The second kappa shape index (κ2) is 9.17. The second-order valence-corrected chi connectivity index (χ2v) is 7.73. The predicted octanol–water partition coefficient (Wildman–Crippen LogP) is 4.02. The molecule has 0 saturated carbocycles. The van der Waals surface area contributed by atoms with Crippen LogP contribution < -0.4 is 15.4 Å². The van der Waals surface area contributed by atoms with E-state index in [1.54, 1.807) is 48.5 Å². The predicted molar refractivity (Wildman–Crippen MR) is 106 cm³/mol. The summed E-state index contributed by atoms with van der Waals surface area (Å²) >= 11 is 18.0. The number of rotatable bonds is 6. The van der Waals surface area contributed by atoms with Crippen molar-refractivity contribution < 1.29 is 19.1 Å². The molecule has 0 radical (unpaired) electrons. The summed E-state index contributed by atoms with van der Waals surface area (Å²) in [6.45, 7) is 0. The van der Waals surface area contributed by atoms with Crippen molar-refractivity contribution in [2.45, 2.75) is 9.96 Å². The number of esters is 1. The van der Waals surface area contributed by atoms with Crippen LogP contribution in [0.25, 0.3) is 0 Å². The van der Waals surface area contributed by atoms with Crippen LogP contribution in [0.15, 0.2) is 48.5 Å². The van der Waals surface area contributed by atoms with Gasteiger partial charge in [-0.05, 0) is 36.4 Å². The van der Waals surface area contributed by atoms with Gasteiger partial charge in [0.15, 0.2) is 0 Å². The van der Waals surface area contributed by atoms with Crippen LogP contribution in [0, 0.1) is 0 Å². The average molecular weight is 432 g/mol. The van der Waals surface area contributed by atoms with E-state index in [9.17, 15) is 9.59 Å². The Morgan fingerprint density at radius 1 is 1.00 bits per heavy atom. The standard InChI is InChI=1S/C18H17Cl3N2O4/c1-26-12-9-7-11(8-10-12)15(24)23-17(18(19,20)21)22-14-6-4-3-5-13(14)16(25)27-2/h3-10,17,22H,1-2H3,(H,23,24). The molecule has 2 N–H and O–H groups in total. The maximum Gasteiger partial charge on any atom is 0.339 e. The number of ether oxygens (including phenoxy) is 2. The van der Waals surface area contributed by atoms with Crippen molar-refractivity contribution in [1.29, 1.82) is 0 Å². The third-order valence-corrected chi connectivity index (χ3v) is 4.24. The Bertz CT molecular complexity index is 807. The highest BCUT2D eigenvalue weighted by atomic mass is 35.6. The van der Waals surface area contributed by atoms with Crippen molar-refractivity contribution in [3.05, 3.63) is 59.7 Å². The van der Waals surface area contributed by atoms with E-state index in [4.69, 9.17) is 44.3 Å². The molecule has 1 unspecified atom stereocenters. The number of para-hydroxylation sites is 1. The number of benzene rings is 2. The molecule has 0 spiro atoms. The maximum absolute atomic E-state index is 12.5. The SMILES string of the molecule is COC(=O)c1ccccc1NC(NC(=O)c1ccc(OC)cc1)C(Cl)(Cl)Cl. The zero-order valence-electron chi connectivity index (χ0n) is 14.5. The van der Waals surface area contributed by atoms with Gasteiger partial charge in [-0.15, -0.1) is 0 Å². The summed E-state index contributed by atoms with van der Waals surface area (Å²) in [5.41, 5.74) is 0.923. The van der Waals surface area contributed by atoms with Gasteiger partial charge < -0.3 is 20.1 Å². The van der Waals surface area contributed by atoms with Gasteiger partial charge in [0, 0.05) is 5.56 Å². The summed E-state index contributed by atoms with van der Waals surface area (Å²) in [6.07, 6.45) is -1.12. The lowest BCUT2D eigenvalue weighted by Crippen LogP contribution is -2.49. The average Bonchev–Trinajstić information content (AvgIpc) is 2.66. The van der Waals surface area contributed by atoms with Crippen LogP contribution >= 0.6 is 34.8 Å². The third-order valence-electron chi connectivity index (χ3n) is 3.59. The Morgan fingerprint density at radius 2 is 1.63 bits per heavy atom. The number of carbonyl (C=O) groups is 2. The summed E-state index contributed by atoms with van der Waals surface area (Å²) in [5.74, 6) is -0.436. The zero-order valence-corrected chi connectivity index (χ0v) is 16.7. The quantitative estimate of drug-likeness (QED) is 0.410. The van der Waals surface area contributed by atoms with E-state index in [2.05, 4.69) is 10.6 Å². The van der Waals surface area contributed by atoms with Crippen LogP contribution in [0.5, 0.6) is 5.75 Å². The first-order valence-electron chi connectivity index (χ1n) is 7.71. The number of halogens is 3. The molecular formula is C18H17Cl3N2O4. The molecule has 0 aliphatic rings. The number of amides is 1. The lowest BCUT2D eigenvalue weighted by molar-refractivity contribution is 0.0601. The minimum Gasteiger partial charge on any atom is -0.497 e. The van der Waals surface area contributed by atoms with Gasteiger partial charge in [-0.25, -0.2) is 4.79 Å². The fourth-order valence-electron chi connectivity index (χ4n) is 2.21. The number of methoxy groups -OCH3 is 2. The van der Waals surface area contributed by atoms with Crippen molar-refractivity contribution >= 4 is 52.4 Å². The normalized spacial score (nSPS) is 12.0. The highest BCUT2D eigenvalue weighted by Gasteiger charge is 2.35. The summed E-state index contributed by atoms with van der Waals surface area (Å²) < 4.78 is 7.90. The Hall–Kier alpha value is -2.15. The van der Waals surface area contributed by atoms with Gasteiger partial charge in [0.05, 0.1) is 25.5 Å². The molecule has 0 saturated heterocycles. The van der Waals surface area contributed by atoms with Crippen molar-refractivity contribution in [2.24, 2.45) is 0 Å². The Labute approximate surface area is 171 Å². The number of hydrogen-bond acceptors (Lipinski definition) is 5. The lowest BCUT2D eigenvalue weighted by atomic mass is 10.1. The molecule has 2 aromatic rings. The van der Waals surface area contributed by atoms with E-state index in [1.807, 2.05) is 0 Å². The van der Waals surface area contributed by atoms with Crippen molar-refractivity contribution in [3.8, 4) is 5.75 Å². The molecule has 2 aromatic carbocycles. The van der Waals surface area contributed by atoms with E-state index < -0.39 is 21.8 Å². The first-order chi connectivity index (χ1) is 12.8. The highest BCUT2D eigenvalue weighted by molar-refractivity contribution is 6.68. The Kier molecular flexibility index (Phi) is 7.18. The molecule has 0 bridgehead atoms. The third kappa shape index (κ3) is 5.66. The van der Waals surface area contributed by atoms with Gasteiger partial charge >= 0.3 is 5.97 Å². The largest absolute Gasteiger partial charge is 0.497 e. The van der Waals surface area contributed by atoms with Crippen molar-refractivity contribution in [2.75, 3.05) is 19.5 Å². The van der Waals surface area contributed by atoms with Gasteiger partial charge in [0.2, 0.25) is 3.79 Å². The molecule has 6 nitrogen and oxygen atoms in total. The van der Waals surface area contributed by atoms with E-state index in [1.165, 1.54) is 14.2 Å². The molecule has 1 amide bonds. The molecule has 9 heteroatoms. The molecular weight excluding hydrogens is 415 g/mol. The van der Waals surface area contributed by atoms with Crippen molar-refractivity contribution in [3.63, 3.8) is 0 Å². The number of nitrogens with one attached hydrogen (secondary N) is 2. The highest BCUT2D eigenvalue weighted by Crippen LogP contribution is 2.32. The van der Waals surface area contributed by atoms with Crippen molar-refractivity contribution in [1.82, 2.24) is 5.32 Å². The topological polar surface area (TPSA) is 76.7 Å². The minimum atomic E-state index is -1.90. The summed E-state index contributed by atoms with van der Waals surface area (Å²) in [6, 6.07) is 12.9. The summed E-state index contributed by atoms with van der Waals surface area (Å²) in [4.78, 5) is 24.4. The molecule has 0 fully saturated rings. The molecule has 27 heavy (non-hydrogen) atoms. The van der Waals surface area contributed by atoms with Crippen LogP contribution in [0.1, 0.15) is 20.7 Å². The number of hydrogen-bond donors (Lipinski definition) is 2. The molecule has 0 heterocycles. The molecule has 0 aliphatic carbocycles. The minimum absolute atomic E-state index is 0.234. The molecule has 2 rings (SSSR count). The van der Waals surface area contributed by atoms with E-state index in [-0.39, 0.29) is 5.56 Å². The number of anilines is 1. The van der Waals surface area contributed by atoms with Crippen LogP contribution in [-0.4, -0.2) is 36.1 Å². The molecule has 0 aromatic heterocycles. The zero-order chi connectivity index (χ0) is 20.0. The van der Waals surface area contributed by atoms with Gasteiger partial charge in [-0.3, -0.25) is 4.79 Å². The van der Waals surface area contributed by atoms with Crippen LogP contribution in [0.2, 0.25) is 0 Å². The molecule has 1 atom stereocenters. The fraction of sp³-hybridized carbons (Fsp3) is 0.222. The van der Waals surface area contributed by atoms with Crippen LogP contribution in [0.3, 0.4) is 0 Å². The monoisotopic (exact) mass is 430 g/mol. The van der Waals surface area contributed by atoms with Gasteiger partial charge in [0.25, 0.3) is 5.91 Å². The van der Waals surface area contributed by atoms with Gasteiger partial charge in [0.1, 0.15) is 11.9 Å². The van der Waals surface area contributed by atoms with Gasteiger partial charge in [-0.2, -0.15) is 0 Å². The van der Waals surface area contributed by atoms with Crippen LogP contribution in [-0.2, 0) is 4.74 Å². The Balaban J connectivity index is 2.24. The number of carbonyl (C=O) groups excluding carboxylic acids is 2. The first kappa shape index (κ1) is 21.2. The van der Waals surface area contributed by atoms with Gasteiger partial charge in [-0.1, -0.05) is 46.9 Å². The second-order valence-electron chi connectivity index (χ2n) is 5.36. The van der Waals surface area contributed by atoms with E-state index in [0.29, 0.717) is 17.0 Å². The number of alkyl halides is 3. The van der Waals surface area contributed by atoms with E-state index in [0.717, 1.165) is 0 Å². The smallest absolute Gasteiger partial charge is 0.339 e. The lowest BCUT2D eigenvalue weighted by Gasteiger charge is -2.28. The first-order valence-corrected chi connectivity index (χ1v) is 8.85. The maximum atomic E-state index is 12.5. The fourth-order valence-corrected chi connectivity index (χ4v) is 2.54. The molecule has 144 valence electrons. The molecule has 0 aliphatic heterocycles. The Morgan fingerprint density at radius 3 is 2.19 bits per heavy atom. The van der Waals surface area contributed by atoms with Crippen LogP contribution in [0.4, 0.5) is 5.69 Å². The summed E-state index contributed by atoms with van der Waals surface area (Å²) in [5, 5.41) is 5.48. The summed E-state index contributed by atoms with van der Waals surface area (Å²) in [7, 11) is 2.79. The van der Waals surface area contributed by atoms with E-state index >= 15 is 0 Å².